The number of cyclic esters (lactones) is 1. The molecule has 0 saturated carbocycles. The Bertz CT molecular complexity index is 413. The number of carbonyl (C=O) groups is 1. The fourth-order valence-electron chi connectivity index (χ4n) is 2.27. The van der Waals surface area contributed by atoms with Crippen molar-refractivity contribution < 1.29 is 9.53 Å². The highest BCUT2D eigenvalue weighted by Crippen LogP contribution is 2.17. The van der Waals surface area contributed by atoms with Crippen molar-refractivity contribution in [2.45, 2.75) is 71.1 Å². The van der Waals surface area contributed by atoms with Gasteiger partial charge in [0.2, 0.25) is 0 Å². The topological polar surface area (TPSA) is 26.3 Å². The first kappa shape index (κ1) is 18.5. The molecular formula is C20H30O2. The summed E-state index contributed by atoms with van der Waals surface area (Å²) < 4.78 is 5.16. The Kier molecular flexibility index (Phi) is 11.0. The Hall–Kier alpha value is -1.57. The largest absolute Gasteiger partial charge is 0.431 e. The summed E-state index contributed by atoms with van der Waals surface area (Å²) in [5, 5.41) is 0. The van der Waals surface area contributed by atoms with Gasteiger partial charge in [-0.05, 0) is 44.6 Å². The number of unbranched alkanes of at least 4 members (excludes halogenated alkanes) is 3. The third-order valence-corrected chi connectivity index (χ3v) is 3.55. The van der Waals surface area contributed by atoms with Gasteiger partial charge in [-0.2, -0.15) is 0 Å². The minimum Gasteiger partial charge on any atom is -0.431 e. The molecule has 0 bridgehead atoms. The number of rotatable bonds is 10. The number of hydrogen-bond acceptors (Lipinski definition) is 2. The van der Waals surface area contributed by atoms with Crippen LogP contribution in [0.15, 0.2) is 48.3 Å². The maximum absolute atomic E-state index is 11.1. The van der Waals surface area contributed by atoms with Gasteiger partial charge in [0.25, 0.3) is 0 Å². The lowest BCUT2D eigenvalue weighted by Gasteiger charge is -2.13. The fourth-order valence-corrected chi connectivity index (χ4v) is 2.27. The highest BCUT2D eigenvalue weighted by molar-refractivity contribution is 5.71. The van der Waals surface area contributed by atoms with E-state index in [4.69, 9.17) is 4.74 Å². The SMILES string of the molecule is CCCCC/C=C\C/C=C\C/C=C\C/C=C1/CCCC(=O)O1. The summed E-state index contributed by atoms with van der Waals surface area (Å²) in [6, 6.07) is 0. The Morgan fingerprint density at radius 1 is 0.909 bits per heavy atom. The van der Waals surface area contributed by atoms with Crippen molar-refractivity contribution in [1.29, 1.82) is 0 Å². The van der Waals surface area contributed by atoms with Crippen molar-refractivity contribution in [3.05, 3.63) is 48.3 Å². The van der Waals surface area contributed by atoms with Crippen LogP contribution >= 0.6 is 0 Å². The smallest absolute Gasteiger partial charge is 0.310 e. The van der Waals surface area contributed by atoms with Crippen LogP contribution in [0.25, 0.3) is 0 Å². The zero-order chi connectivity index (χ0) is 15.9. The number of allylic oxidation sites excluding steroid dienone is 8. The third kappa shape index (κ3) is 10.2. The Labute approximate surface area is 135 Å². The first-order valence-corrected chi connectivity index (χ1v) is 8.67. The highest BCUT2D eigenvalue weighted by Gasteiger charge is 2.13. The predicted octanol–water partition coefficient (Wildman–Crippen LogP) is 6.02. The van der Waals surface area contributed by atoms with E-state index in [1.165, 1.54) is 25.7 Å². The van der Waals surface area contributed by atoms with Crippen molar-refractivity contribution in [1.82, 2.24) is 0 Å². The minimum absolute atomic E-state index is 0.0906. The molecule has 0 unspecified atom stereocenters. The van der Waals surface area contributed by atoms with E-state index in [1.807, 2.05) is 6.08 Å². The first-order chi connectivity index (χ1) is 10.8. The van der Waals surface area contributed by atoms with E-state index in [0.717, 1.165) is 37.9 Å². The molecule has 0 amide bonds. The van der Waals surface area contributed by atoms with Crippen LogP contribution in [0.1, 0.15) is 71.1 Å². The van der Waals surface area contributed by atoms with Crippen LogP contribution in [0.5, 0.6) is 0 Å². The minimum atomic E-state index is -0.0906. The molecule has 22 heavy (non-hydrogen) atoms. The van der Waals surface area contributed by atoms with Crippen molar-refractivity contribution in [3.63, 3.8) is 0 Å². The van der Waals surface area contributed by atoms with Gasteiger partial charge in [-0.25, -0.2) is 0 Å². The summed E-state index contributed by atoms with van der Waals surface area (Å²) in [7, 11) is 0. The van der Waals surface area contributed by atoms with E-state index in [-0.39, 0.29) is 5.97 Å². The van der Waals surface area contributed by atoms with Gasteiger partial charge in [0, 0.05) is 12.8 Å². The summed E-state index contributed by atoms with van der Waals surface area (Å²) >= 11 is 0. The molecule has 0 radical (unpaired) electrons. The number of esters is 1. The second-order valence-electron chi connectivity index (χ2n) is 5.62. The number of carbonyl (C=O) groups excluding carboxylic acids is 1. The molecule has 1 heterocycles. The van der Waals surface area contributed by atoms with Crippen molar-refractivity contribution in [2.24, 2.45) is 0 Å². The summed E-state index contributed by atoms with van der Waals surface area (Å²) in [6.07, 6.45) is 25.6. The second-order valence-corrected chi connectivity index (χ2v) is 5.62. The molecule has 1 aliphatic heterocycles. The molecule has 0 aromatic heterocycles. The standard InChI is InChI=1S/C20H30O2/c1-2-3-4-5-6-7-8-9-10-11-12-13-14-16-19-17-15-18-20(21)22-19/h6-7,9-10,12-13,16H,2-5,8,11,14-15,17-18H2,1H3/b7-6-,10-9-,13-12-,19-16-. The Balaban J connectivity index is 2.02. The fraction of sp³-hybridized carbons (Fsp3) is 0.550. The molecule has 1 fully saturated rings. The van der Waals surface area contributed by atoms with E-state index >= 15 is 0 Å². The Morgan fingerprint density at radius 3 is 2.27 bits per heavy atom. The molecule has 0 spiro atoms. The van der Waals surface area contributed by atoms with E-state index < -0.39 is 0 Å². The van der Waals surface area contributed by atoms with Gasteiger partial charge >= 0.3 is 5.97 Å². The van der Waals surface area contributed by atoms with Crippen LogP contribution in [0, 0.1) is 0 Å². The van der Waals surface area contributed by atoms with Gasteiger partial charge in [0.15, 0.2) is 0 Å². The molecule has 0 atom stereocenters. The van der Waals surface area contributed by atoms with E-state index in [9.17, 15) is 4.79 Å². The zero-order valence-corrected chi connectivity index (χ0v) is 13.9. The molecule has 0 aliphatic carbocycles. The molecular weight excluding hydrogens is 272 g/mol. The van der Waals surface area contributed by atoms with Gasteiger partial charge in [0.05, 0.1) is 0 Å². The molecule has 122 valence electrons. The van der Waals surface area contributed by atoms with Gasteiger partial charge in [-0.3, -0.25) is 4.79 Å². The van der Waals surface area contributed by atoms with Gasteiger partial charge in [-0.15, -0.1) is 0 Å². The average Bonchev–Trinajstić information content (AvgIpc) is 2.52. The quantitative estimate of drug-likeness (QED) is 0.280. The van der Waals surface area contributed by atoms with Crippen LogP contribution < -0.4 is 0 Å². The highest BCUT2D eigenvalue weighted by atomic mass is 16.5. The molecule has 0 aromatic rings. The lowest BCUT2D eigenvalue weighted by Crippen LogP contribution is -2.10. The van der Waals surface area contributed by atoms with Crippen LogP contribution in [-0.2, 0) is 9.53 Å². The van der Waals surface area contributed by atoms with E-state index in [0.29, 0.717) is 6.42 Å². The van der Waals surface area contributed by atoms with E-state index in [1.54, 1.807) is 0 Å². The van der Waals surface area contributed by atoms with Crippen LogP contribution in [0.2, 0.25) is 0 Å². The lowest BCUT2D eigenvalue weighted by atomic mass is 10.1. The molecule has 1 aliphatic rings. The molecule has 1 saturated heterocycles. The zero-order valence-electron chi connectivity index (χ0n) is 13.9. The number of ether oxygens (including phenoxy) is 1. The van der Waals surface area contributed by atoms with Gasteiger partial charge in [-0.1, -0.05) is 56.2 Å². The van der Waals surface area contributed by atoms with Crippen LogP contribution in [0.3, 0.4) is 0 Å². The third-order valence-electron chi connectivity index (χ3n) is 3.55. The lowest BCUT2D eigenvalue weighted by molar-refractivity contribution is -0.141. The summed E-state index contributed by atoms with van der Waals surface area (Å²) in [6.45, 7) is 2.23. The predicted molar refractivity (Wildman–Crippen MR) is 93.4 cm³/mol. The maximum atomic E-state index is 11.1. The summed E-state index contributed by atoms with van der Waals surface area (Å²) in [4.78, 5) is 11.1. The molecule has 0 N–H and O–H groups in total. The van der Waals surface area contributed by atoms with Crippen molar-refractivity contribution in [2.75, 3.05) is 0 Å². The van der Waals surface area contributed by atoms with Crippen LogP contribution in [-0.4, -0.2) is 5.97 Å². The summed E-state index contributed by atoms with van der Waals surface area (Å²) in [5.41, 5.74) is 0. The van der Waals surface area contributed by atoms with Gasteiger partial charge in [0.1, 0.15) is 5.76 Å². The Morgan fingerprint density at radius 2 is 1.59 bits per heavy atom. The molecule has 2 heteroatoms. The summed E-state index contributed by atoms with van der Waals surface area (Å²) in [5.74, 6) is 0.747. The average molecular weight is 302 g/mol. The van der Waals surface area contributed by atoms with Gasteiger partial charge < -0.3 is 4.74 Å². The first-order valence-electron chi connectivity index (χ1n) is 8.67. The van der Waals surface area contributed by atoms with Crippen molar-refractivity contribution in [3.8, 4) is 0 Å². The maximum Gasteiger partial charge on any atom is 0.310 e. The van der Waals surface area contributed by atoms with Crippen molar-refractivity contribution >= 4 is 5.97 Å². The monoisotopic (exact) mass is 302 g/mol. The number of hydrogen-bond donors (Lipinski definition) is 0. The van der Waals surface area contributed by atoms with Crippen LogP contribution in [0.4, 0.5) is 0 Å². The molecule has 2 nitrogen and oxygen atoms in total. The second kappa shape index (κ2) is 13.1. The van der Waals surface area contributed by atoms with E-state index in [2.05, 4.69) is 43.4 Å². The molecule has 0 aromatic carbocycles. The normalized spacial score (nSPS) is 18.0. The molecule has 1 rings (SSSR count).